The lowest BCUT2D eigenvalue weighted by molar-refractivity contribution is 0.159. The molecule has 3 aromatic rings. The van der Waals surface area contributed by atoms with Gasteiger partial charge in [0.25, 0.3) is 0 Å². The van der Waals surface area contributed by atoms with Crippen molar-refractivity contribution in [1.82, 2.24) is 25.0 Å². The van der Waals surface area contributed by atoms with Crippen LogP contribution < -0.4 is 10.6 Å². The summed E-state index contributed by atoms with van der Waals surface area (Å²) in [6.07, 6.45) is 1.34. The predicted molar refractivity (Wildman–Crippen MR) is 123 cm³/mol. The van der Waals surface area contributed by atoms with Crippen molar-refractivity contribution in [2.45, 2.75) is 43.3 Å². The van der Waals surface area contributed by atoms with Gasteiger partial charge in [-0.3, -0.25) is 15.0 Å². The van der Waals surface area contributed by atoms with E-state index in [2.05, 4.69) is 57.2 Å². The van der Waals surface area contributed by atoms with E-state index in [1.54, 1.807) is 18.7 Å². The molecule has 1 atom stereocenters. The van der Waals surface area contributed by atoms with Gasteiger partial charge in [-0.2, -0.15) is 5.10 Å². The number of nitrogens with zero attached hydrogens (tertiary/aromatic N) is 4. The standard InChI is InChI=1S/C22H30N6OS/c1-4-27(5-2)13-14-28-17-9-8-16(24-12-11-23-15(3)29)22-19(17)21(26-28)20-18(30-22)7-6-10-25-20/h6-10,15,23-24,29H,4-5,11-14H2,1-3H3. The molecule has 160 valence electrons. The molecule has 1 aliphatic heterocycles. The van der Waals surface area contributed by atoms with E-state index in [0.717, 1.165) is 60.2 Å². The number of hydrogen-bond acceptors (Lipinski definition) is 7. The molecule has 2 aromatic heterocycles. The van der Waals surface area contributed by atoms with E-state index in [9.17, 15) is 5.11 Å². The molecule has 8 heteroatoms. The van der Waals surface area contributed by atoms with Gasteiger partial charge < -0.3 is 15.3 Å². The molecule has 0 bridgehead atoms. The summed E-state index contributed by atoms with van der Waals surface area (Å²) in [6.45, 7) is 11.5. The molecule has 3 heterocycles. The second kappa shape index (κ2) is 9.34. The topological polar surface area (TPSA) is 78.2 Å². The van der Waals surface area contributed by atoms with Crippen LogP contribution in [0.5, 0.6) is 0 Å². The summed E-state index contributed by atoms with van der Waals surface area (Å²) < 4.78 is 2.13. The van der Waals surface area contributed by atoms with Gasteiger partial charge in [0.05, 0.1) is 12.1 Å². The minimum Gasteiger partial charge on any atom is -0.383 e. The lowest BCUT2D eigenvalue weighted by Gasteiger charge is -2.19. The lowest BCUT2D eigenvalue weighted by atomic mass is 10.1. The van der Waals surface area contributed by atoms with Crippen LogP contribution in [0.15, 0.2) is 40.3 Å². The quantitative estimate of drug-likeness (QED) is 0.265. The van der Waals surface area contributed by atoms with Gasteiger partial charge in [0.2, 0.25) is 0 Å². The van der Waals surface area contributed by atoms with E-state index in [1.165, 1.54) is 10.3 Å². The van der Waals surface area contributed by atoms with E-state index >= 15 is 0 Å². The Bertz CT molecular complexity index is 1010. The third-order valence-corrected chi connectivity index (χ3v) is 6.66. The molecule has 3 N–H and O–H groups in total. The fourth-order valence-corrected chi connectivity index (χ4v) is 5.00. The zero-order valence-corrected chi connectivity index (χ0v) is 18.7. The highest BCUT2D eigenvalue weighted by molar-refractivity contribution is 8.00. The molecule has 1 unspecified atom stereocenters. The van der Waals surface area contributed by atoms with E-state index in [4.69, 9.17) is 5.10 Å². The Morgan fingerprint density at radius 1 is 1.17 bits per heavy atom. The van der Waals surface area contributed by atoms with E-state index in [1.807, 2.05) is 12.3 Å². The van der Waals surface area contributed by atoms with Crippen LogP contribution in [0.4, 0.5) is 5.69 Å². The lowest BCUT2D eigenvalue weighted by Crippen LogP contribution is -2.30. The number of aliphatic hydroxyl groups excluding tert-OH is 1. The number of rotatable bonds is 10. The maximum atomic E-state index is 9.41. The molecule has 1 aromatic carbocycles. The van der Waals surface area contributed by atoms with Gasteiger partial charge in [0, 0.05) is 46.7 Å². The third kappa shape index (κ3) is 4.18. The summed E-state index contributed by atoms with van der Waals surface area (Å²) in [4.78, 5) is 9.40. The van der Waals surface area contributed by atoms with Crippen LogP contribution in [0, 0.1) is 0 Å². The molecular weight excluding hydrogens is 396 g/mol. The van der Waals surface area contributed by atoms with Gasteiger partial charge in [0.1, 0.15) is 17.6 Å². The normalized spacial score (nSPS) is 13.6. The molecule has 0 saturated carbocycles. The summed E-state index contributed by atoms with van der Waals surface area (Å²) in [5.41, 5.74) is 4.19. The Kier molecular flexibility index (Phi) is 6.58. The Morgan fingerprint density at radius 3 is 2.77 bits per heavy atom. The van der Waals surface area contributed by atoms with Crippen LogP contribution in [0.2, 0.25) is 0 Å². The largest absolute Gasteiger partial charge is 0.383 e. The smallest absolute Gasteiger partial charge is 0.121 e. The number of aliphatic hydroxyl groups is 1. The molecule has 1 aliphatic rings. The van der Waals surface area contributed by atoms with Crippen LogP contribution >= 0.6 is 11.8 Å². The zero-order valence-electron chi connectivity index (χ0n) is 17.9. The van der Waals surface area contributed by atoms with E-state index in [-0.39, 0.29) is 0 Å². The SMILES string of the molecule is CCN(CC)CCn1nc2c3c(c(NCCNC(C)O)ccc31)Sc1cccnc1-2. The summed E-state index contributed by atoms with van der Waals surface area (Å²) in [5, 5.41) is 22.1. The first-order chi connectivity index (χ1) is 14.6. The molecule has 0 spiro atoms. The fraction of sp³-hybridized carbons (Fsp3) is 0.455. The zero-order chi connectivity index (χ0) is 21.1. The molecule has 7 nitrogen and oxygen atoms in total. The maximum absolute atomic E-state index is 9.41. The maximum Gasteiger partial charge on any atom is 0.121 e. The Labute approximate surface area is 181 Å². The molecule has 4 rings (SSSR count). The molecule has 0 radical (unpaired) electrons. The van der Waals surface area contributed by atoms with Crippen molar-refractivity contribution in [3.63, 3.8) is 0 Å². The average molecular weight is 427 g/mol. The number of fused-ring (bicyclic) bond motifs is 2. The molecule has 0 amide bonds. The Hall–Kier alpha value is -2.13. The third-order valence-electron chi connectivity index (χ3n) is 5.48. The second-order valence-corrected chi connectivity index (χ2v) is 8.50. The minimum atomic E-state index is -0.504. The number of pyridine rings is 1. The van der Waals surface area contributed by atoms with Crippen LogP contribution in [-0.2, 0) is 6.54 Å². The number of nitrogens with one attached hydrogen (secondary N) is 2. The average Bonchev–Trinajstić information content (AvgIpc) is 3.13. The van der Waals surface area contributed by atoms with Crippen molar-refractivity contribution in [1.29, 1.82) is 0 Å². The second-order valence-electron chi connectivity index (χ2n) is 7.44. The van der Waals surface area contributed by atoms with Gasteiger partial charge in [-0.25, -0.2) is 0 Å². The van der Waals surface area contributed by atoms with Gasteiger partial charge in [-0.05, 0) is 44.3 Å². The minimum absolute atomic E-state index is 0.504. The van der Waals surface area contributed by atoms with Gasteiger partial charge in [-0.1, -0.05) is 25.6 Å². The Balaban J connectivity index is 1.70. The van der Waals surface area contributed by atoms with E-state index in [0.29, 0.717) is 6.54 Å². The van der Waals surface area contributed by atoms with Gasteiger partial charge in [-0.15, -0.1) is 0 Å². The predicted octanol–water partition coefficient (Wildman–Crippen LogP) is 3.24. The van der Waals surface area contributed by atoms with Crippen LogP contribution in [0.1, 0.15) is 20.8 Å². The molecule has 0 aliphatic carbocycles. The van der Waals surface area contributed by atoms with Crippen molar-refractivity contribution in [3.05, 3.63) is 30.5 Å². The number of benzene rings is 1. The van der Waals surface area contributed by atoms with Crippen molar-refractivity contribution < 1.29 is 5.11 Å². The highest BCUT2D eigenvalue weighted by Gasteiger charge is 2.26. The summed E-state index contributed by atoms with van der Waals surface area (Å²) in [5.74, 6) is 0. The summed E-state index contributed by atoms with van der Waals surface area (Å²) >= 11 is 1.75. The van der Waals surface area contributed by atoms with Crippen LogP contribution in [0.25, 0.3) is 22.3 Å². The number of likely N-dealkylation sites (N-methyl/N-ethyl adjacent to an activating group) is 1. The Morgan fingerprint density at radius 2 is 2.00 bits per heavy atom. The van der Waals surface area contributed by atoms with Crippen LogP contribution in [-0.4, -0.2) is 63.7 Å². The van der Waals surface area contributed by atoms with Crippen molar-refractivity contribution >= 4 is 28.4 Å². The molecule has 0 fully saturated rings. The highest BCUT2D eigenvalue weighted by Crippen LogP contribution is 2.49. The summed E-state index contributed by atoms with van der Waals surface area (Å²) in [6, 6.07) is 8.40. The molecular formula is C22H30N6OS. The van der Waals surface area contributed by atoms with Crippen LogP contribution in [0.3, 0.4) is 0 Å². The molecule has 0 saturated heterocycles. The number of aromatic nitrogens is 3. The first-order valence-electron chi connectivity index (χ1n) is 10.7. The van der Waals surface area contributed by atoms with Crippen molar-refractivity contribution in [3.8, 4) is 11.4 Å². The number of hydrogen-bond donors (Lipinski definition) is 3. The summed E-state index contributed by atoms with van der Waals surface area (Å²) in [7, 11) is 0. The highest BCUT2D eigenvalue weighted by atomic mass is 32.2. The fourth-order valence-electron chi connectivity index (χ4n) is 3.84. The van der Waals surface area contributed by atoms with Crippen molar-refractivity contribution in [2.24, 2.45) is 0 Å². The number of anilines is 1. The van der Waals surface area contributed by atoms with Gasteiger partial charge in [0.15, 0.2) is 0 Å². The van der Waals surface area contributed by atoms with E-state index < -0.39 is 6.23 Å². The van der Waals surface area contributed by atoms with Crippen molar-refractivity contribution in [2.75, 3.05) is 38.0 Å². The first-order valence-corrected chi connectivity index (χ1v) is 11.5. The monoisotopic (exact) mass is 426 g/mol. The first kappa shape index (κ1) is 21.1. The molecule has 30 heavy (non-hydrogen) atoms. The van der Waals surface area contributed by atoms with Gasteiger partial charge >= 0.3 is 0 Å².